The Kier molecular flexibility index (Phi) is 7.49. The number of rotatable bonds is 7. The van der Waals surface area contributed by atoms with Crippen LogP contribution in [0.5, 0.6) is 11.6 Å². The Labute approximate surface area is 224 Å². The topological polar surface area (TPSA) is 89.7 Å². The van der Waals surface area contributed by atoms with Gasteiger partial charge in [0.1, 0.15) is 29.5 Å². The second-order valence-electron chi connectivity index (χ2n) is 9.42. The third-order valence-electron chi connectivity index (χ3n) is 6.99. The van der Waals surface area contributed by atoms with E-state index in [9.17, 15) is 14.3 Å². The molecule has 3 heterocycles. The molecule has 2 aromatic heterocycles. The van der Waals surface area contributed by atoms with E-state index in [-0.39, 0.29) is 23.8 Å². The summed E-state index contributed by atoms with van der Waals surface area (Å²) in [4.78, 5) is 23.6. The van der Waals surface area contributed by atoms with E-state index in [0.717, 1.165) is 37.4 Å². The van der Waals surface area contributed by atoms with Crippen molar-refractivity contribution in [1.29, 1.82) is 0 Å². The monoisotopic (exact) mass is 538 g/mol. The quantitative estimate of drug-likeness (QED) is 0.323. The molecule has 38 heavy (non-hydrogen) atoms. The van der Waals surface area contributed by atoms with Gasteiger partial charge in [-0.25, -0.2) is 19.2 Å². The smallest absolute Gasteiger partial charge is 0.338 e. The zero-order chi connectivity index (χ0) is 26.8. The Balaban J connectivity index is 1.21. The van der Waals surface area contributed by atoms with E-state index in [1.807, 2.05) is 23.7 Å². The number of phenolic OH excluding ortho intramolecular Hbond substituents is 1. The fraction of sp³-hybridized carbons (Fsp3) is 0.321. The maximum Gasteiger partial charge on any atom is 0.338 e. The number of pyridine rings is 1. The van der Waals surface area contributed by atoms with Crippen LogP contribution in [-0.2, 0) is 24.9 Å². The van der Waals surface area contributed by atoms with Crippen molar-refractivity contribution in [1.82, 2.24) is 19.4 Å². The van der Waals surface area contributed by atoms with Crippen molar-refractivity contribution >= 4 is 28.6 Å². The number of hydrogen-bond donors (Lipinski definition) is 1. The van der Waals surface area contributed by atoms with Crippen molar-refractivity contribution in [3.63, 3.8) is 0 Å². The van der Waals surface area contributed by atoms with Crippen molar-refractivity contribution < 1.29 is 23.8 Å². The van der Waals surface area contributed by atoms with E-state index in [4.69, 9.17) is 21.1 Å². The highest BCUT2D eigenvalue weighted by Crippen LogP contribution is 2.31. The number of nitrogens with zero attached hydrogens (tertiary/aromatic N) is 4. The lowest BCUT2D eigenvalue weighted by atomic mass is 9.93. The summed E-state index contributed by atoms with van der Waals surface area (Å²) in [5.74, 6) is 0.599. The largest absolute Gasteiger partial charge is 0.506 e. The van der Waals surface area contributed by atoms with E-state index in [0.29, 0.717) is 34.0 Å². The molecule has 0 bridgehead atoms. The number of likely N-dealkylation sites (tertiary alicyclic amines) is 1. The van der Waals surface area contributed by atoms with Crippen molar-refractivity contribution in [2.75, 3.05) is 20.2 Å². The second-order valence-corrected chi connectivity index (χ2v) is 9.85. The zero-order valence-electron chi connectivity index (χ0n) is 21.2. The molecule has 4 aromatic rings. The Morgan fingerprint density at radius 3 is 2.68 bits per heavy atom. The van der Waals surface area contributed by atoms with Gasteiger partial charge in [-0.15, -0.1) is 0 Å². The van der Waals surface area contributed by atoms with Gasteiger partial charge in [0.05, 0.1) is 24.7 Å². The molecule has 10 heteroatoms. The molecule has 0 atom stereocenters. The van der Waals surface area contributed by atoms with Crippen LogP contribution in [-0.4, -0.2) is 50.7 Å². The third-order valence-corrected chi connectivity index (χ3v) is 7.22. The first-order chi connectivity index (χ1) is 18.3. The van der Waals surface area contributed by atoms with Gasteiger partial charge < -0.3 is 19.1 Å². The number of imidazole rings is 1. The molecule has 0 saturated carbocycles. The molecule has 1 aliphatic rings. The number of ether oxygens (including phenoxy) is 2. The van der Waals surface area contributed by atoms with Gasteiger partial charge in [0, 0.05) is 35.3 Å². The number of esters is 1. The first kappa shape index (κ1) is 25.9. The predicted molar refractivity (Wildman–Crippen MR) is 141 cm³/mol. The first-order valence-electron chi connectivity index (χ1n) is 12.3. The minimum absolute atomic E-state index is 0.0459. The van der Waals surface area contributed by atoms with Crippen LogP contribution in [0.1, 0.15) is 46.2 Å². The number of carbonyl (C=O) groups excluding carboxylic acids is 1. The normalized spacial score (nSPS) is 14.6. The second kappa shape index (κ2) is 11.0. The van der Waals surface area contributed by atoms with Crippen molar-refractivity contribution in [2.24, 2.45) is 7.05 Å². The van der Waals surface area contributed by atoms with Crippen molar-refractivity contribution in [2.45, 2.75) is 31.9 Å². The van der Waals surface area contributed by atoms with Gasteiger partial charge in [-0.2, -0.15) is 0 Å². The van der Waals surface area contributed by atoms with Crippen LogP contribution >= 0.6 is 11.6 Å². The molecule has 5 rings (SSSR count). The van der Waals surface area contributed by atoms with Crippen LogP contribution in [0, 0.1) is 5.82 Å². The molecule has 1 aliphatic heterocycles. The standard InChI is InChI=1S/C28H28ClFN4O4/c1-33-23-12-19(28(36)37-2)13-24(35)27(23)32-25(33)15-34-10-8-17(9-11-34)22-4-3-5-26(31-22)38-16-18-6-7-20(29)14-21(18)30/h3-7,12-14,17,35H,8-11,15-16H2,1-2H3. The molecule has 198 valence electrons. The molecule has 1 saturated heterocycles. The first-order valence-corrected chi connectivity index (χ1v) is 12.7. The molecule has 0 aliphatic carbocycles. The number of phenols is 1. The predicted octanol–water partition coefficient (Wildman–Crippen LogP) is 5.21. The summed E-state index contributed by atoms with van der Waals surface area (Å²) in [7, 11) is 3.19. The number of fused-ring (bicyclic) bond motifs is 1. The summed E-state index contributed by atoms with van der Waals surface area (Å²) in [5.41, 5.74) is 2.80. The molecule has 0 spiro atoms. The van der Waals surface area contributed by atoms with Gasteiger partial charge in [-0.1, -0.05) is 23.7 Å². The number of halogens is 2. The minimum atomic E-state index is -0.507. The molecule has 0 amide bonds. The lowest BCUT2D eigenvalue weighted by Gasteiger charge is -2.31. The van der Waals surface area contributed by atoms with E-state index < -0.39 is 11.8 Å². The number of aromatic hydroxyl groups is 1. The summed E-state index contributed by atoms with van der Waals surface area (Å²) in [5, 5.41) is 10.8. The van der Waals surface area contributed by atoms with Gasteiger partial charge in [0.15, 0.2) is 0 Å². The average molecular weight is 539 g/mol. The summed E-state index contributed by atoms with van der Waals surface area (Å²) in [6, 6.07) is 13.3. The molecular weight excluding hydrogens is 511 g/mol. The Morgan fingerprint density at radius 1 is 1.16 bits per heavy atom. The van der Waals surface area contributed by atoms with Crippen LogP contribution in [0.15, 0.2) is 48.5 Å². The van der Waals surface area contributed by atoms with Gasteiger partial charge in [-0.05, 0) is 56.3 Å². The number of aromatic nitrogens is 3. The number of aryl methyl sites for hydroxylation is 1. The third kappa shape index (κ3) is 5.44. The van der Waals surface area contributed by atoms with Crippen LogP contribution in [0.25, 0.3) is 11.0 Å². The Bertz CT molecular complexity index is 1480. The van der Waals surface area contributed by atoms with Crippen LogP contribution in [0.2, 0.25) is 5.02 Å². The number of methoxy groups -OCH3 is 1. The van der Waals surface area contributed by atoms with Gasteiger partial charge in [0.25, 0.3) is 0 Å². The number of piperidine rings is 1. The Hall–Kier alpha value is -3.69. The van der Waals surface area contributed by atoms with Crippen molar-refractivity contribution in [3.05, 3.63) is 82.0 Å². The summed E-state index contributed by atoms with van der Waals surface area (Å²) >= 11 is 5.82. The van der Waals surface area contributed by atoms with Crippen LogP contribution in [0.4, 0.5) is 4.39 Å². The van der Waals surface area contributed by atoms with Gasteiger partial charge in [0.2, 0.25) is 5.88 Å². The maximum absolute atomic E-state index is 14.1. The maximum atomic E-state index is 14.1. The molecule has 2 aromatic carbocycles. The number of hydrogen-bond acceptors (Lipinski definition) is 7. The SMILES string of the molecule is COC(=O)c1cc(O)c2nc(CN3CCC(c4cccc(OCc5ccc(Cl)cc5F)n4)CC3)n(C)c2c1. The van der Waals surface area contributed by atoms with Gasteiger partial charge >= 0.3 is 5.97 Å². The molecule has 1 N–H and O–H groups in total. The highest BCUT2D eigenvalue weighted by atomic mass is 35.5. The minimum Gasteiger partial charge on any atom is -0.506 e. The molecule has 0 radical (unpaired) electrons. The van der Waals surface area contributed by atoms with E-state index in [1.165, 1.54) is 19.2 Å². The molecule has 8 nitrogen and oxygen atoms in total. The fourth-order valence-corrected chi connectivity index (χ4v) is 4.97. The molecule has 1 fully saturated rings. The van der Waals surface area contributed by atoms with Gasteiger partial charge in [-0.3, -0.25) is 4.90 Å². The lowest BCUT2D eigenvalue weighted by molar-refractivity contribution is 0.0600. The summed E-state index contributed by atoms with van der Waals surface area (Å²) in [6.07, 6.45) is 1.84. The van der Waals surface area contributed by atoms with Crippen LogP contribution < -0.4 is 4.74 Å². The summed E-state index contributed by atoms with van der Waals surface area (Å²) in [6.45, 7) is 2.41. The molecular formula is C28H28ClFN4O4. The number of benzene rings is 2. The number of carbonyl (C=O) groups is 1. The lowest BCUT2D eigenvalue weighted by Crippen LogP contribution is -2.33. The average Bonchev–Trinajstić information content (AvgIpc) is 3.23. The van der Waals surface area contributed by atoms with E-state index >= 15 is 0 Å². The van der Waals surface area contributed by atoms with Crippen LogP contribution in [0.3, 0.4) is 0 Å². The van der Waals surface area contributed by atoms with E-state index in [2.05, 4.69) is 14.9 Å². The Morgan fingerprint density at radius 2 is 1.95 bits per heavy atom. The molecule has 0 unspecified atom stereocenters. The van der Waals surface area contributed by atoms with E-state index in [1.54, 1.807) is 24.3 Å². The highest BCUT2D eigenvalue weighted by Gasteiger charge is 2.24. The highest BCUT2D eigenvalue weighted by molar-refractivity contribution is 6.30. The van der Waals surface area contributed by atoms with Crippen molar-refractivity contribution in [3.8, 4) is 11.6 Å². The zero-order valence-corrected chi connectivity index (χ0v) is 21.9. The summed E-state index contributed by atoms with van der Waals surface area (Å²) < 4.78 is 26.5. The fourth-order valence-electron chi connectivity index (χ4n) is 4.81.